The van der Waals surface area contributed by atoms with E-state index >= 15 is 0 Å². The van der Waals surface area contributed by atoms with Gasteiger partial charge in [-0.05, 0) is 36.8 Å². The van der Waals surface area contributed by atoms with Crippen molar-refractivity contribution in [3.8, 4) is 0 Å². The molecule has 0 spiro atoms. The van der Waals surface area contributed by atoms with Gasteiger partial charge >= 0.3 is 0 Å². The molecule has 0 unspecified atom stereocenters. The number of benzene rings is 2. The molecule has 3 saturated heterocycles. The molecule has 0 saturated carbocycles. The third-order valence-electron chi connectivity index (χ3n) is 6.03. The van der Waals surface area contributed by atoms with E-state index in [1.54, 1.807) is 0 Å². The molecule has 4 heteroatoms. The van der Waals surface area contributed by atoms with Gasteiger partial charge in [-0.3, -0.25) is 0 Å². The van der Waals surface area contributed by atoms with Gasteiger partial charge in [-0.1, -0.05) is 60.7 Å². The Morgan fingerprint density at radius 3 is 1.08 bits per heavy atom. The molecule has 0 bridgehead atoms. The molecule has 3 aliphatic heterocycles. The highest BCUT2D eigenvalue weighted by Crippen LogP contribution is 2.44. The number of hydrogen-bond acceptors (Lipinski definition) is 4. The second-order valence-electron chi connectivity index (χ2n) is 7.64. The molecule has 0 aromatic heterocycles. The summed E-state index contributed by atoms with van der Waals surface area (Å²) in [5.41, 5.74) is 2.83. The Balaban J connectivity index is 1.59. The van der Waals surface area contributed by atoms with Crippen molar-refractivity contribution in [1.29, 1.82) is 0 Å². The molecule has 0 amide bonds. The molecular formula is C22H28N4. The lowest BCUT2D eigenvalue weighted by Crippen LogP contribution is -2.68. The van der Waals surface area contributed by atoms with Crippen LogP contribution < -0.4 is 0 Å². The van der Waals surface area contributed by atoms with Crippen molar-refractivity contribution in [3.05, 3.63) is 71.8 Å². The molecular weight excluding hydrogens is 320 g/mol. The highest BCUT2D eigenvalue weighted by atomic mass is 15.9. The van der Waals surface area contributed by atoms with E-state index in [2.05, 4.69) is 80.7 Å². The summed E-state index contributed by atoms with van der Waals surface area (Å²) in [5.74, 6) is 0. The Labute approximate surface area is 156 Å². The smallest absolute Gasteiger partial charge is 0.115 e. The first kappa shape index (κ1) is 16.5. The molecule has 3 aliphatic rings. The molecule has 0 radical (unpaired) electrons. The average Bonchev–Trinajstić information content (AvgIpc) is 2.73. The SMILES string of the molecule is c1ccc(C2N3CCCCN3C(c3ccccc3)N3CCCCN23)cc1. The van der Waals surface area contributed by atoms with Gasteiger partial charge in [0.15, 0.2) is 0 Å². The third kappa shape index (κ3) is 2.78. The number of fused-ring (bicyclic) bond motifs is 2. The Kier molecular flexibility index (Phi) is 4.51. The lowest BCUT2D eigenvalue weighted by Gasteiger charge is -2.61. The van der Waals surface area contributed by atoms with Crippen molar-refractivity contribution in [2.45, 2.75) is 38.0 Å². The summed E-state index contributed by atoms with van der Waals surface area (Å²) in [4.78, 5) is 0. The van der Waals surface area contributed by atoms with Gasteiger partial charge in [-0.15, -0.1) is 0 Å². The first-order valence-electron chi connectivity index (χ1n) is 10.1. The average molecular weight is 348 g/mol. The number of hydrogen-bond donors (Lipinski definition) is 0. The van der Waals surface area contributed by atoms with Crippen LogP contribution in [0.4, 0.5) is 0 Å². The fourth-order valence-corrected chi connectivity index (χ4v) is 4.91. The molecule has 3 fully saturated rings. The van der Waals surface area contributed by atoms with Crippen molar-refractivity contribution in [3.63, 3.8) is 0 Å². The van der Waals surface area contributed by atoms with Crippen molar-refractivity contribution >= 4 is 0 Å². The molecule has 136 valence electrons. The van der Waals surface area contributed by atoms with E-state index in [9.17, 15) is 0 Å². The van der Waals surface area contributed by atoms with Crippen LogP contribution >= 0.6 is 0 Å². The fourth-order valence-electron chi connectivity index (χ4n) is 4.91. The van der Waals surface area contributed by atoms with E-state index in [0.29, 0.717) is 12.3 Å². The van der Waals surface area contributed by atoms with Gasteiger partial charge in [0.2, 0.25) is 0 Å². The summed E-state index contributed by atoms with van der Waals surface area (Å²) in [6.45, 7) is 4.58. The lowest BCUT2D eigenvalue weighted by molar-refractivity contribution is -0.320. The van der Waals surface area contributed by atoms with E-state index in [-0.39, 0.29) is 0 Å². The minimum atomic E-state index is 0.330. The van der Waals surface area contributed by atoms with Crippen molar-refractivity contribution in [2.75, 3.05) is 26.2 Å². The fraction of sp³-hybridized carbons (Fsp3) is 0.455. The molecule has 2 aromatic rings. The second kappa shape index (κ2) is 7.12. The maximum absolute atomic E-state index is 2.65. The highest BCUT2D eigenvalue weighted by Gasteiger charge is 2.47. The number of nitrogens with zero attached hydrogens (tertiary/aromatic N) is 4. The maximum atomic E-state index is 2.65. The molecule has 5 rings (SSSR count). The summed E-state index contributed by atoms with van der Waals surface area (Å²) in [6, 6.07) is 22.2. The summed E-state index contributed by atoms with van der Waals surface area (Å²) in [5, 5.41) is 10.6. The van der Waals surface area contributed by atoms with Crippen LogP contribution in [-0.4, -0.2) is 46.2 Å². The van der Waals surface area contributed by atoms with Gasteiger partial charge < -0.3 is 0 Å². The topological polar surface area (TPSA) is 13.0 Å². The standard InChI is InChI=1S/C22H28N4/c1-3-11-19(12-4-1)21-23-15-7-9-17-25(23)22(20-13-5-2-6-14-20)26-18-10-8-16-24(21)26/h1-6,11-14,21-22H,7-10,15-18H2. The Morgan fingerprint density at radius 1 is 0.462 bits per heavy atom. The van der Waals surface area contributed by atoms with Crippen LogP contribution in [0.15, 0.2) is 60.7 Å². The molecule has 0 N–H and O–H groups in total. The first-order valence-corrected chi connectivity index (χ1v) is 10.1. The minimum absolute atomic E-state index is 0.330. The van der Waals surface area contributed by atoms with Gasteiger partial charge in [0.1, 0.15) is 12.3 Å². The van der Waals surface area contributed by atoms with Gasteiger partial charge in [-0.2, -0.15) is 0 Å². The molecule has 0 aliphatic carbocycles. The maximum Gasteiger partial charge on any atom is 0.115 e. The zero-order valence-corrected chi connectivity index (χ0v) is 15.4. The van der Waals surface area contributed by atoms with E-state index in [1.165, 1.54) is 36.8 Å². The van der Waals surface area contributed by atoms with Crippen molar-refractivity contribution in [2.24, 2.45) is 0 Å². The van der Waals surface area contributed by atoms with E-state index in [1.807, 2.05) is 0 Å². The Morgan fingerprint density at radius 2 is 0.769 bits per heavy atom. The quantitative estimate of drug-likeness (QED) is 0.812. The van der Waals surface area contributed by atoms with Crippen LogP contribution in [0.2, 0.25) is 0 Å². The molecule has 0 atom stereocenters. The van der Waals surface area contributed by atoms with Crippen molar-refractivity contribution < 1.29 is 0 Å². The van der Waals surface area contributed by atoms with Crippen LogP contribution in [0, 0.1) is 0 Å². The van der Waals surface area contributed by atoms with Gasteiger partial charge in [0, 0.05) is 26.2 Å². The summed E-state index contributed by atoms with van der Waals surface area (Å²) in [7, 11) is 0. The third-order valence-corrected chi connectivity index (χ3v) is 6.03. The number of hydrazine groups is 2. The van der Waals surface area contributed by atoms with E-state index in [4.69, 9.17) is 0 Å². The van der Waals surface area contributed by atoms with Crippen molar-refractivity contribution in [1.82, 2.24) is 20.0 Å². The highest BCUT2D eigenvalue weighted by molar-refractivity contribution is 5.22. The predicted octanol–water partition coefficient (Wildman–Crippen LogP) is 4.02. The first-order chi connectivity index (χ1) is 12.9. The zero-order chi connectivity index (χ0) is 17.3. The summed E-state index contributed by atoms with van der Waals surface area (Å²) < 4.78 is 0. The van der Waals surface area contributed by atoms with Crippen LogP contribution in [-0.2, 0) is 0 Å². The summed E-state index contributed by atoms with van der Waals surface area (Å²) >= 11 is 0. The van der Waals surface area contributed by atoms with Gasteiger partial charge in [0.05, 0.1) is 0 Å². The summed E-state index contributed by atoms with van der Waals surface area (Å²) in [6.07, 6.45) is 5.81. The molecule has 3 heterocycles. The normalized spacial score (nSPS) is 28.5. The monoisotopic (exact) mass is 348 g/mol. The van der Waals surface area contributed by atoms with Gasteiger partial charge in [0.25, 0.3) is 0 Å². The minimum Gasteiger partial charge on any atom is -0.217 e. The van der Waals surface area contributed by atoms with Crippen LogP contribution in [0.25, 0.3) is 0 Å². The second-order valence-corrected chi connectivity index (χ2v) is 7.64. The van der Waals surface area contributed by atoms with Crippen LogP contribution in [0.1, 0.15) is 49.1 Å². The van der Waals surface area contributed by atoms with Crippen LogP contribution in [0.3, 0.4) is 0 Å². The van der Waals surface area contributed by atoms with Gasteiger partial charge in [-0.25, -0.2) is 20.0 Å². The lowest BCUT2D eigenvalue weighted by atomic mass is 10.0. The van der Waals surface area contributed by atoms with E-state index < -0.39 is 0 Å². The van der Waals surface area contributed by atoms with Crippen LogP contribution in [0.5, 0.6) is 0 Å². The molecule has 4 nitrogen and oxygen atoms in total. The largest absolute Gasteiger partial charge is 0.217 e. The predicted molar refractivity (Wildman–Crippen MR) is 104 cm³/mol. The Bertz CT molecular complexity index is 632. The zero-order valence-electron chi connectivity index (χ0n) is 15.4. The number of rotatable bonds is 2. The molecule has 26 heavy (non-hydrogen) atoms. The van der Waals surface area contributed by atoms with E-state index in [0.717, 1.165) is 26.2 Å². The molecule has 2 aromatic carbocycles. The Hall–Kier alpha value is -1.72.